The quantitative estimate of drug-likeness (QED) is 0.0714. The molecule has 320 valence electrons. The van der Waals surface area contributed by atoms with Gasteiger partial charge in [-0.3, -0.25) is 9.59 Å². The van der Waals surface area contributed by atoms with Crippen LogP contribution in [0.3, 0.4) is 0 Å². The van der Waals surface area contributed by atoms with Gasteiger partial charge in [0.15, 0.2) is 21.8 Å². The molecule has 25 heteroatoms. The molecule has 0 saturated heterocycles. The van der Waals surface area contributed by atoms with E-state index in [1.165, 1.54) is 24.3 Å². The van der Waals surface area contributed by atoms with Crippen LogP contribution in [0.15, 0.2) is 77.0 Å². The summed E-state index contributed by atoms with van der Waals surface area (Å²) in [4.78, 5) is 24.9. The van der Waals surface area contributed by atoms with Gasteiger partial charge >= 0.3 is 10.1 Å². The number of hydrogen-bond donors (Lipinski definition) is 1. The van der Waals surface area contributed by atoms with Crippen molar-refractivity contribution in [2.45, 2.75) is 62.0 Å². The molecule has 61 heavy (non-hydrogen) atoms. The minimum atomic E-state index is -5.17. The normalized spacial score (nSPS) is 13.7. The highest BCUT2D eigenvalue weighted by Crippen LogP contribution is 2.36. The van der Waals surface area contributed by atoms with E-state index in [1.807, 2.05) is 6.92 Å². The van der Waals surface area contributed by atoms with Crippen molar-refractivity contribution in [1.29, 1.82) is 0 Å². The Balaban J connectivity index is 0.000000189. The van der Waals surface area contributed by atoms with E-state index in [2.05, 4.69) is 29.4 Å². The molecule has 1 N–H and O–H groups in total. The number of nitrogens with zero attached hydrogens (tertiary/aromatic N) is 6. The van der Waals surface area contributed by atoms with Crippen LogP contribution in [0.1, 0.15) is 42.7 Å². The van der Waals surface area contributed by atoms with Gasteiger partial charge in [0.2, 0.25) is 44.9 Å². The van der Waals surface area contributed by atoms with Crippen LogP contribution in [0.25, 0.3) is 21.5 Å². The molecule has 0 unspecified atom stereocenters. The number of sulfonamides is 1. The lowest BCUT2D eigenvalue weighted by molar-refractivity contribution is 0.346. The molecule has 7 aromatic rings. The van der Waals surface area contributed by atoms with Gasteiger partial charge in [0, 0.05) is 28.4 Å². The van der Waals surface area contributed by atoms with Crippen molar-refractivity contribution in [2.24, 2.45) is 0 Å². The Labute approximate surface area is 349 Å². The summed E-state index contributed by atoms with van der Waals surface area (Å²) in [5.41, 5.74) is -0.500. The number of fused-ring (bicyclic) bond motifs is 2. The number of aryl methyl sites for hydroxylation is 2. The van der Waals surface area contributed by atoms with Crippen LogP contribution in [-0.2, 0) is 33.2 Å². The predicted molar refractivity (Wildman–Crippen MR) is 205 cm³/mol. The van der Waals surface area contributed by atoms with Gasteiger partial charge in [-0.15, -0.1) is 0 Å². The Morgan fingerprint density at radius 3 is 1.54 bits per heavy atom. The average Bonchev–Trinajstić information content (AvgIpc) is 3.54. The summed E-state index contributed by atoms with van der Waals surface area (Å²) in [5.74, 6) is -13.6. The van der Waals surface area contributed by atoms with E-state index < -0.39 is 76.5 Å². The molecule has 16 nitrogen and oxygen atoms in total. The predicted octanol–water partition coefficient (Wildman–Crippen LogP) is 6.08. The van der Waals surface area contributed by atoms with Crippen LogP contribution in [-0.4, -0.2) is 52.2 Å². The molecule has 0 spiro atoms. The van der Waals surface area contributed by atoms with E-state index in [0.717, 1.165) is 40.4 Å². The highest BCUT2D eigenvalue weighted by atomic mass is 35.5. The largest absolute Gasteiger partial charge is 0.372 e. The van der Waals surface area contributed by atoms with Crippen LogP contribution < -0.4 is 20.0 Å². The summed E-state index contributed by atoms with van der Waals surface area (Å²) < 4.78 is 137. The second kappa shape index (κ2) is 15.9. The molecule has 0 bridgehead atoms. The third-order valence-electron chi connectivity index (χ3n) is 9.08. The summed E-state index contributed by atoms with van der Waals surface area (Å²) in [7, 11) is -8.91. The Hall–Kier alpha value is -5.75. The first-order valence-corrected chi connectivity index (χ1v) is 21.0. The van der Waals surface area contributed by atoms with E-state index in [1.54, 1.807) is 19.9 Å². The monoisotopic (exact) mass is 929 g/mol. The van der Waals surface area contributed by atoms with Crippen molar-refractivity contribution in [3.8, 4) is 5.75 Å². The molecule has 4 heterocycles. The third-order valence-corrected chi connectivity index (χ3v) is 12.5. The lowest BCUT2D eigenvalue weighted by atomic mass is 10.2. The van der Waals surface area contributed by atoms with Crippen LogP contribution >= 0.6 is 23.2 Å². The number of aromatic nitrogens is 6. The summed E-state index contributed by atoms with van der Waals surface area (Å²) in [6.45, 7) is 5.08. The molecule has 8 rings (SSSR count). The summed E-state index contributed by atoms with van der Waals surface area (Å²) in [5, 5.41) is 15.6. The summed E-state index contributed by atoms with van der Waals surface area (Å²) in [6.07, 6.45) is 1.58. The van der Waals surface area contributed by atoms with E-state index in [9.17, 15) is 48.4 Å². The minimum absolute atomic E-state index is 0.0181. The van der Waals surface area contributed by atoms with Gasteiger partial charge in [-0.2, -0.15) is 27.4 Å². The smallest absolute Gasteiger partial charge is 0.339 e. The van der Waals surface area contributed by atoms with Crippen LogP contribution in [0.5, 0.6) is 5.75 Å². The maximum atomic E-state index is 13.9. The maximum absolute atomic E-state index is 13.9. The van der Waals surface area contributed by atoms with E-state index >= 15 is 0 Å². The van der Waals surface area contributed by atoms with Gasteiger partial charge in [0.25, 0.3) is 11.1 Å². The molecule has 0 aliphatic heterocycles. The van der Waals surface area contributed by atoms with Gasteiger partial charge in [-0.25, -0.2) is 35.7 Å². The third kappa shape index (κ3) is 8.73. The molecule has 0 amide bonds. The van der Waals surface area contributed by atoms with Crippen molar-refractivity contribution in [2.75, 3.05) is 0 Å². The zero-order valence-corrected chi connectivity index (χ0v) is 34.4. The van der Waals surface area contributed by atoms with Gasteiger partial charge < -0.3 is 13.2 Å². The number of benzene rings is 3. The number of rotatable bonds is 10. The number of hydrogen-bond acceptors (Lipinski definition) is 13. The fraction of sp³-hybridized carbons (Fsp3) is 0.222. The molecule has 4 aromatic heterocycles. The highest BCUT2D eigenvalue weighted by Gasteiger charge is 2.41. The van der Waals surface area contributed by atoms with Crippen LogP contribution in [0, 0.1) is 42.9 Å². The first-order valence-electron chi connectivity index (χ1n) is 17.3. The Kier molecular flexibility index (Phi) is 11.3. The topological polar surface area (TPSA) is 211 Å². The fourth-order valence-corrected chi connectivity index (χ4v) is 8.71. The first-order chi connectivity index (χ1) is 28.6. The highest BCUT2D eigenvalue weighted by molar-refractivity contribution is 7.89. The van der Waals surface area contributed by atoms with Crippen molar-refractivity contribution < 1.29 is 52.0 Å². The Morgan fingerprint density at radius 2 is 1.11 bits per heavy atom. The molecule has 0 atom stereocenters. The lowest BCUT2D eigenvalue weighted by Crippen LogP contribution is -2.34. The summed E-state index contributed by atoms with van der Waals surface area (Å²) in [6, 6.07) is 10.1. The Morgan fingerprint density at radius 1 is 0.689 bits per heavy atom. The molecule has 1 saturated carbocycles. The Bertz CT molecular complexity index is 3250. The molecule has 1 fully saturated rings. The molecule has 1 aliphatic carbocycles. The van der Waals surface area contributed by atoms with Crippen molar-refractivity contribution in [3.05, 3.63) is 132 Å². The van der Waals surface area contributed by atoms with Crippen LogP contribution in [0.2, 0.25) is 10.3 Å². The van der Waals surface area contributed by atoms with Gasteiger partial charge in [0.1, 0.15) is 18.0 Å². The number of halogens is 7. The van der Waals surface area contributed by atoms with E-state index in [4.69, 9.17) is 32.2 Å². The van der Waals surface area contributed by atoms with Crippen LogP contribution in [0.4, 0.5) is 22.0 Å². The molecule has 1 aliphatic rings. The second-order valence-corrected chi connectivity index (χ2v) is 17.8. The van der Waals surface area contributed by atoms with Gasteiger partial charge in [-0.05, 0) is 70.0 Å². The minimum Gasteiger partial charge on any atom is -0.372 e. The van der Waals surface area contributed by atoms with Gasteiger partial charge in [-0.1, -0.05) is 33.5 Å². The van der Waals surface area contributed by atoms with Crippen molar-refractivity contribution in [1.82, 2.24) is 34.6 Å². The van der Waals surface area contributed by atoms with Crippen molar-refractivity contribution in [3.63, 3.8) is 0 Å². The molecule has 3 aromatic carbocycles. The first kappa shape index (κ1) is 43.3. The zero-order chi connectivity index (χ0) is 44.3. The fourth-order valence-electron chi connectivity index (χ4n) is 5.75. The molecular weight excluding hydrogens is 904 g/mol. The molecular formula is C36H26Cl2F5N7O9S2. The summed E-state index contributed by atoms with van der Waals surface area (Å²) >= 11 is 12.3. The van der Waals surface area contributed by atoms with Gasteiger partial charge in [0.05, 0.1) is 27.1 Å². The average molecular weight is 931 g/mol. The van der Waals surface area contributed by atoms with E-state index in [-0.39, 0.29) is 50.2 Å². The standard InChI is InChI=1S/C19H9ClF5N3O5S.C17H17ClN4O4S/c1-7-4-8(32-27-7)6-28-19(29)11-5-9(2-3-10(11)18(20)26-28)34(30,31)33-17-15(24)13(22)12(21)14(23)16(17)25;1-10-7-11(26-20-10)9-22-16(23)14-8-12(3-4-13(14)15(18)19-22)27(24,25)21-17(2)5-6-17/h2-5H,6H2,1H3;3-4,7-8,21H,5-6,9H2,1-2H3. The maximum Gasteiger partial charge on any atom is 0.339 e. The SMILES string of the molecule is Cc1cc(Cn2nc(Cl)c3ccc(S(=O)(=O)NC4(C)CC4)cc3c2=O)on1.Cc1cc(Cn2nc(Cl)c3ccc(S(=O)(=O)Oc4c(F)c(F)c(F)c(F)c4F)cc3c2=O)on1. The zero-order valence-electron chi connectivity index (χ0n) is 31.3. The lowest BCUT2D eigenvalue weighted by Gasteiger charge is -2.13. The van der Waals surface area contributed by atoms with Crippen molar-refractivity contribution >= 4 is 64.9 Å². The molecule has 0 radical (unpaired) electrons. The van der Waals surface area contributed by atoms with E-state index in [0.29, 0.717) is 22.5 Å². The number of nitrogens with one attached hydrogen (secondary N) is 1. The second-order valence-electron chi connectivity index (χ2n) is 13.9.